The summed E-state index contributed by atoms with van der Waals surface area (Å²) in [5.41, 5.74) is 17.1. The van der Waals surface area contributed by atoms with Crippen LogP contribution in [0.15, 0.2) is 203 Å². The maximum Gasteiger partial charge on any atom is 0.200 e. The lowest BCUT2D eigenvalue weighted by atomic mass is 9.58. The van der Waals surface area contributed by atoms with E-state index >= 15 is 0 Å². The van der Waals surface area contributed by atoms with Gasteiger partial charge in [-0.25, -0.2) is 0 Å². The molecule has 0 fully saturated rings. The number of para-hydroxylation sites is 2. The van der Waals surface area contributed by atoms with Crippen LogP contribution in [0, 0.1) is 0 Å². The van der Waals surface area contributed by atoms with Gasteiger partial charge in [-0.2, -0.15) is 0 Å². The number of rotatable bonds is 5. The van der Waals surface area contributed by atoms with Gasteiger partial charge < -0.3 is 14.2 Å². The van der Waals surface area contributed by atoms with Crippen molar-refractivity contribution < 1.29 is 4.42 Å². The molecule has 2 aliphatic rings. The highest BCUT2D eigenvalue weighted by Crippen LogP contribution is 2.58. The highest BCUT2D eigenvalue weighted by Gasteiger charge is 2.45. The van der Waals surface area contributed by atoms with Gasteiger partial charge in [-0.15, -0.1) is 0 Å². The molecule has 9 aromatic carbocycles. The van der Waals surface area contributed by atoms with Crippen LogP contribution in [0.5, 0.6) is 0 Å². The van der Waals surface area contributed by atoms with Crippen LogP contribution in [0.25, 0.3) is 43.8 Å². The van der Waals surface area contributed by atoms with Gasteiger partial charge >= 0.3 is 0 Å². The van der Waals surface area contributed by atoms with Gasteiger partial charge in [0, 0.05) is 39.0 Å². The molecule has 0 atom stereocenters. The number of benzene rings is 9. The molecule has 0 amide bonds. The number of hydrogen-bond acceptors (Lipinski definition) is 4. The van der Waals surface area contributed by atoms with Gasteiger partial charge in [-0.1, -0.05) is 151 Å². The summed E-state index contributed by atoms with van der Waals surface area (Å²) in [4.78, 5) is 18.4. The Morgan fingerprint density at radius 2 is 1.00 bits per heavy atom. The first-order valence-electron chi connectivity index (χ1n) is 23.0. The Hall–Kier alpha value is -7.69. The lowest BCUT2D eigenvalue weighted by molar-refractivity contribution is 0.516. The smallest absolute Gasteiger partial charge is 0.200 e. The van der Waals surface area contributed by atoms with E-state index in [0.29, 0.717) is 21.9 Å². The van der Waals surface area contributed by atoms with Crippen molar-refractivity contribution in [2.45, 2.75) is 57.8 Å². The van der Waals surface area contributed by atoms with Gasteiger partial charge in [0.15, 0.2) is 0 Å². The molecule has 10 aromatic rings. The fourth-order valence-corrected chi connectivity index (χ4v) is 11.2. The van der Waals surface area contributed by atoms with Crippen LogP contribution in [0.2, 0.25) is 0 Å². The second-order valence-electron chi connectivity index (χ2n) is 19.8. The lowest BCUT2D eigenvalue weighted by Gasteiger charge is -2.48. The summed E-state index contributed by atoms with van der Waals surface area (Å²) in [5, 5.41) is 3.59. The zero-order chi connectivity index (χ0) is 45.1. The Labute approximate surface area is 386 Å². The zero-order valence-corrected chi connectivity index (χ0v) is 38.2. The zero-order valence-electron chi connectivity index (χ0n) is 38.2. The predicted octanol–water partition coefficient (Wildman–Crippen LogP) is 16.3. The van der Waals surface area contributed by atoms with Crippen molar-refractivity contribution in [1.82, 2.24) is 0 Å². The molecule has 4 nitrogen and oxygen atoms in total. The van der Waals surface area contributed by atoms with Crippen LogP contribution in [0.1, 0.15) is 74.9 Å². The average Bonchev–Trinajstić information content (AvgIpc) is 3.34. The van der Waals surface area contributed by atoms with Gasteiger partial charge in [0.25, 0.3) is 0 Å². The Morgan fingerprint density at radius 3 is 1.79 bits per heavy atom. The molecule has 1 aliphatic heterocycles. The molecular formula is C62H50N2O2. The van der Waals surface area contributed by atoms with Crippen LogP contribution in [0.3, 0.4) is 0 Å². The van der Waals surface area contributed by atoms with Gasteiger partial charge in [0.2, 0.25) is 5.43 Å². The molecule has 4 heteroatoms. The van der Waals surface area contributed by atoms with Gasteiger partial charge in [-0.05, 0) is 140 Å². The van der Waals surface area contributed by atoms with Crippen molar-refractivity contribution in [3.63, 3.8) is 0 Å². The van der Waals surface area contributed by atoms with Crippen molar-refractivity contribution in [1.29, 1.82) is 0 Å². The molecule has 0 radical (unpaired) electrons. The third-order valence-electron chi connectivity index (χ3n) is 14.8. The summed E-state index contributed by atoms with van der Waals surface area (Å²) in [6.45, 7) is 14.4. The van der Waals surface area contributed by atoms with Gasteiger partial charge in [-0.3, -0.25) is 4.79 Å². The largest absolute Gasteiger partial charge is 0.456 e. The van der Waals surface area contributed by atoms with E-state index in [2.05, 4.69) is 203 Å². The normalized spacial score (nSPS) is 15.2. The van der Waals surface area contributed by atoms with Gasteiger partial charge in [0.05, 0.1) is 22.1 Å². The quantitative estimate of drug-likeness (QED) is 0.162. The van der Waals surface area contributed by atoms with E-state index in [1.807, 2.05) is 42.5 Å². The Balaban J connectivity index is 1.08. The fourth-order valence-electron chi connectivity index (χ4n) is 11.2. The van der Waals surface area contributed by atoms with Crippen LogP contribution < -0.4 is 15.2 Å². The topological polar surface area (TPSA) is 36.7 Å². The summed E-state index contributed by atoms with van der Waals surface area (Å²) in [6, 6.07) is 69.4. The lowest BCUT2D eigenvalue weighted by Crippen LogP contribution is -2.38. The SMILES string of the molecule is CC1(C)c2cc(N(c3ccccc3)c3ccc4ccccc4c3)ccc2N(c2cccc(-c3ccc4c(=O)c5ccccc5oc4c3)c2)c2cc3c(cc21)C(C)(C)c1ccccc1C3(C)C. The second kappa shape index (κ2) is 14.4. The summed E-state index contributed by atoms with van der Waals surface area (Å²) in [6.07, 6.45) is 0. The third-order valence-corrected chi connectivity index (χ3v) is 14.8. The maximum atomic E-state index is 13.5. The Kier molecular flexibility index (Phi) is 8.70. The number of hydrogen-bond donors (Lipinski definition) is 0. The first-order chi connectivity index (χ1) is 31.9. The molecule has 0 bridgehead atoms. The fraction of sp³-hybridized carbons (Fsp3) is 0.145. The first kappa shape index (κ1) is 39.9. The number of nitrogens with zero attached hydrogens (tertiary/aromatic N) is 2. The monoisotopic (exact) mass is 854 g/mol. The summed E-state index contributed by atoms with van der Waals surface area (Å²) in [7, 11) is 0. The minimum absolute atomic E-state index is 0.0147. The molecule has 320 valence electrons. The van der Waals surface area contributed by atoms with E-state index < -0.39 is 0 Å². The van der Waals surface area contributed by atoms with Crippen molar-refractivity contribution >= 4 is 66.8 Å². The van der Waals surface area contributed by atoms with Crippen LogP contribution >= 0.6 is 0 Å². The van der Waals surface area contributed by atoms with Gasteiger partial charge in [0.1, 0.15) is 11.2 Å². The second-order valence-corrected chi connectivity index (χ2v) is 19.8. The minimum Gasteiger partial charge on any atom is -0.456 e. The molecule has 0 spiro atoms. The number of anilines is 6. The Morgan fingerprint density at radius 1 is 0.394 bits per heavy atom. The van der Waals surface area contributed by atoms with Crippen molar-refractivity contribution in [3.8, 4) is 11.1 Å². The molecule has 1 aliphatic carbocycles. The summed E-state index contributed by atoms with van der Waals surface area (Å²) < 4.78 is 6.37. The Bertz CT molecular complexity index is 3670. The standard InChI is InChI=1S/C62H50N2O2/c1-60(2)49-24-13-14-25-50(49)61(3,4)52-38-56-54(37-51(52)60)62(5,6)53-36-46(63(43-20-8-7-9-21-43)45-29-27-39-17-10-11-18-40(39)33-45)30-32-55(53)64(56)44-22-16-19-41(34-44)42-28-31-48-58(35-42)66-57-26-15-12-23-47(57)59(48)65/h7-38H,1-6H3. The molecule has 0 saturated heterocycles. The molecule has 0 saturated carbocycles. The van der Waals surface area contributed by atoms with Crippen molar-refractivity contribution in [3.05, 3.63) is 238 Å². The average molecular weight is 855 g/mol. The molecule has 2 heterocycles. The molecule has 1 aromatic heterocycles. The molecule has 0 N–H and O–H groups in total. The van der Waals surface area contributed by atoms with Crippen LogP contribution in [-0.4, -0.2) is 0 Å². The summed E-state index contributed by atoms with van der Waals surface area (Å²) in [5.74, 6) is 0. The first-order valence-corrected chi connectivity index (χ1v) is 23.0. The molecule has 0 unspecified atom stereocenters. The maximum absolute atomic E-state index is 13.5. The molecule has 12 rings (SSSR count). The van der Waals surface area contributed by atoms with Crippen molar-refractivity contribution in [2.75, 3.05) is 9.80 Å². The van der Waals surface area contributed by atoms with E-state index in [9.17, 15) is 4.79 Å². The van der Waals surface area contributed by atoms with E-state index in [0.717, 1.165) is 39.6 Å². The highest BCUT2D eigenvalue weighted by atomic mass is 16.3. The summed E-state index contributed by atoms with van der Waals surface area (Å²) >= 11 is 0. The van der Waals surface area contributed by atoms with E-state index in [-0.39, 0.29) is 21.7 Å². The van der Waals surface area contributed by atoms with E-state index in [4.69, 9.17) is 4.42 Å². The predicted molar refractivity (Wildman–Crippen MR) is 275 cm³/mol. The molecule has 66 heavy (non-hydrogen) atoms. The van der Waals surface area contributed by atoms with E-state index in [1.54, 1.807) is 0 Å². The third kappa shape index (κ3) is 5.94. The van der Waals surface area contributed by atoms with Crippen LogP contribution in [0.4, 0.5) is 34.1 Å². The van der Waals surface area contributed by atoms with Crippen molar-refractivity contribution in [2.24, 2.45) is 0 Å². The highest BCUT2D eigenvalue weighted by molar-refractivity contribution is 5.95. The van der Waals surface area contributed by atoms with E-state index in [1.165, 1.54) is 49.8 Å². The minimum atomic E-state index is -0.384. The molecular weight excluding hydrogens is 805 g/mol. The van der Waals surface area contributed by atoms with Crippen LogP contribution in [-0.2, 0) is 16.2 Å². The number of fused-ring (bicyclic) bond motifs is 7.